The van der Waals surface area contributed by atoms with Gasteiger partial charge >= 0.3 is 0 Å². The minimum Gasteiger partial charge on any atom is -0.368 e. The van der Waals surface area contributed by atoms with Gasteiger partial charge in [-0.3, -0.25) is 33.6 Å². The van der Waals surface area contributed by atoms with E-state index >= 15 is 0 Å². The molecule has 0 saturated heterocycles. The number of primary amides is 1. The van der Waals surface area contributed by atoms with E-state index in [4.69, 9.17) is 22.9 Å². The zero-order chi connectivity index (χ0) is 46.7. The summed E-state index contributed by atoms with van der Waals surface area (Å²) in [6.45, 7) is 1.21. The quantitative estimate of drug-likeness (QED) is 0.0699. The van der Waals surface area contributed by atoms with E-state index in [1.54, 1.807) is 0 Å². The van der Waals surface area contributed by atoms with Gasteiger partial charge in [0.25, 0.3) is 0 Å². The topological polar surface area (TPSA) is 243 Å². The van der Waals surface area contributed by atoms with Crippen LogP contribution in [0.2, 0.25) is 0 Å². The molecule has 3 aromatic carbocycles. The van der Waals surface area contributed by atoms with E-state index in [0.29, 0.717) is 64.7 Å². The Labute approximate surface area is 377 Å². The van der Waals surface area contributed by atoms with Gasteiger partial charge < -0.3 is 52.3 Å². The highest BCUT2D eigenvalue weighted by Gasteiger charge is 2.29. The number of benzene rings is 3. The molecule has 0 saturated carbocycles. The van der Waals surface area contributed by atoms with Crippen LogP contribution in [-0.4, -0.2) is 149 Å². The molecule has 64 heavy (non-hydrogen) atoms. The molecule has 8 N–H and O–H groups in total. The standard InChI is InChI=1S/C47H68N10O7/c1-38(58)52(26-14-11-23-48)33-45(62)56(30-40-19-7-3-8-20-40)36-43(60)54(28-16-13-25-50)35-47(64)57(31-41-21-9-4-10-22-41)37-44(61)53(27-15-12-24-49)34-46(63)55(32-42(51)59)29-39-17-5-2-6-18-39/h2-10,17-22H,11-16,23-37,48-50H2,1H3,(H2,51,59). The maximum Gasteiger partial charge on any atom is 0.242 e. The molecular weight excluding hydrogens is 817 g/mol. The van der Waals surface area contributed by atoms with Crippen LogP contribution in [0.4, 0.5) is 0 Å². The molecule has 0 radical (unpaired) electrons. The smallest absolute Gasteiger partial charge is 0.242 e. The van der Waals surface area contributed by atoms with Gasteiger partial charge in [-0.2, -0.15) is 0 Å². The third-order valence-electron chi connectivity index (χ3n) is 10.5. The van der Waals surface area contributed by atoms with Crippen LogP contribution in [0.15, 0.2) is 91.0 Å². The van der Waals surface area contributed by atoms with Crippen molar-refractivity contribution in [2.45, 2.75) is 65.1 Å². The van der Waals surface area contributed by atoms with Crippen LogP contribution in [0.25, 0.3) is 0 Å². The molecule has 0 spiro atoms. The molecule has 0 aliphatic rings. The van der Waals surface area contributed by atoms with Gasteiger partial charge in [-0.15, -0.1) is 0 Å². The Balaban J connectivity index is 1.92. The Morgan fingerprint density at radius 1 is 0.375 bits per heavy atom. The summed E-state index contributed by atoms with van der Waals surface area (Å²) in [6.07, 6.45) is 3.39. The molecule has 0 aliphatic carbocycles. The fourth-order valence-electron chi connectivity index (χ4n) is 6.89. The van der Waals surface area contributed by atoms with Gasteiger partial charge in [-0.25, -0.2) is 0 Å². The van der Waals surface area contributed by atoms with Gasteiger partial charge in [0.2, 0.25) is 41.4 Å². The van der Waals surface area contributed by atoms with Crippen molar-refractivity contribution in [1.82, 2.24) is 29.4 Å². The summed E-state index contributed by atoms with van der Waals surface area (Å²) in [7, 11) is 0. The Morgan fingerprint density at radius 2 is 0.641 bits per heavy atom. The molecule has 3 aromatic rings. The normalized spacial score (nSPS) is 10.8. The maximum absolute atomic E-state index is 14.5. The highest BCUT2D eigenvalue weighted by molar-refractivity contribution is 5.92. The summed E-state index contributed by atoms with van der Waals surface area (Å²) in [4.78, 5) is 104. The van der Waals surface area contributed by atoms with E-state index in [1.807, 2.05) is 91.0 Å². The molecule has 0 aliphatic heterocycles. The molecule has 0 unspecified atom stereocenters. The lowest BCUT2D eigenvalue weighted by molar-refractivity contribution is -0.148. The zero-order valence-electron chi connectivity index (χ0n) is 37.4. The van der Waals surface area contributed by atoms with E-state index in [-0.39, 0.29) is 64.8 Å². The number of carbonyl (C=O) groups excluding carboxylic acids is 7. The summed E-state index contributed by atoms with van der Waals surface area (Å²) < 4.78 is 0. The lowest BCUT2D eigenvalue weighted by Crippen LogP contribution is -2.51. The third kappa shape index (κ3) is 19.5. The van der Waals surface area contributed by atoms with Crippen LogP contribution < -0.4 is 22.9 Å². The molecule has 17 nitrogen and oxygen atoms in total. The molecule has 17 heteroatoms. The van der Waals surface area contributed by atoms with Crippen molar-refractivity contribution >= 4 is 41.4 Å². The molecule has 0 aromatic heterocycles. The molecule has 0 atom stereocenters. The van der Waals surface area contributed by atoms with E-state index in [2.05, 4.69) is 0 Å². The van der Waals surface area contributed by atoms with Crippen molar-refractivity contribution in [3.8, 4) is 0 Å². The molecule has 348 valence electrons. The number of nitrogens with two attached hydrogens (primary N) is 4. The van der Waals surface area contributed by atoms with E-state index in [9.17, 15) is 33.6 Å². The number of hydrogen-bond donors (Lipinski definition) is 4. The van der Waals surface area contributed by atoms with Gasteiger partial charge in [0.15, 0.2) is 0 Å². The minimum atomic E-state index is -0.709. The molecule has 0 heterocycles. The maximum atomic E-state index is 14.5. The summed E-state index contributed by atoms with van der Waals surface area (Å²) >= 11 is 0. The lowest BCUT2D eigenvalue weighted by atomic mass is 10.2. The molecular formula is C47H68N10O7. The number of unbranched alkanes of at least 4 members (excludes halogenated alkanes) is 3. The van der Waals surface area contributed by atoms with Gasteiger partial charge in [0, 0.05) is 46.2 Å². The largest absolute Gasteiger partial charge is 0.368 e. The highest BCUT2D eigenvalue weighted by Crippen LogP contribution is 2.13. The van der Waals surface area contributed by atoms with Crippen LogP contribution in [0.5, 0.6) is 0 Å². The number of carbonyl (C=O) groups is 7. The van der Waals surface area contributed by atoms with E-state index < -0.39 is 48.5 Å². The van der Waals surface area contributed by atoms with Gasteiger partial charge in [-0.1, -0.05) is 91.0 Å². The predicted octanol–water partition coefficient (Wildman–Crippen LogP) is 1.28. The number of rotatable bonds is 30. The average Bonchev–Trinajstić information content (AvgIpc) is 3.28. The lowest BCUT2D eigenvalue weighted by Gasteiger charge is -2.32. The van der Waals surface area contributed by atoms with Crippen molar-refractivity contribution in [2.75, 3.05) is 78.5 Å². The number of amides is 7. The fourth-order valence-corrected chi connectivity index (χ4v) is 6.89. The predicted molar refractivity (Wildman–Crippen MR) is 245 cm³/mol. The van der Waals surface area contributed by atoms with Crippen LogP contribution in [0.3, 0.4) is 0 Å². The summed E-state index contributed by atoms with van der Waals surface area (Å²) in [6, 6.07) is 27.3. The van der Waals surface area contributed by atoms with Crippen molar-refractivity contribution in [2.24, 2.45) is 22.9 Å². The second-order valence-electron chi connectivity index (χ2n) is 15.7. The first-order valence-corrected chi connectivity index (χ1v) is 22.0. The van der Waals surface area contributed by atoms with E-state index in [0.717, 1.165) is 16.7 Å². The number of nitrogens with zero attached hydrogens (tertiary/aromatic N) is 6. The van der Waals surface area contributed by atoms with Gasteiger partial charge in [0.1, 0.15) is 13.1 Å². The van der Waals surface area contributed by atoms with Crippen molar-refractivity contribution in [1.29, 1.82) is 0 Å². The number of hydrogen-bond acceptors (Lipinski definition) is 10. The van der Waals surface area contributed by atoms with Gasteiger partial charge in [0.05, 0.1) is 26.2 Å². The Kier molecular flexibility index (Phi) is 23.8. The fraction of sp³-hybridized carbons (Fsp3) is 0.468. The van der Waals surface area contributed by atoms with Crippen molar-refractivity contribution < 1.29 is 33.6 Å². The molecule has 0 fully saturated rings. The van der Waals surface area contributed by atoms with Crippen LogP contribution in [0.1, 0.15) is 62.1 Å². The monoisotopic (exact) mass is 885 g/mol. The zero-order valence-corrected chi connectivity index (χ0v) is 37.4. The second kappa shape index (κ2) is 29.2. The molecule has 0 bridgehead atoms. The first kappa shape index (κ1) is 52.2. The van der Waals surface area contributed by atoms with Crippen molar-refractivity contribution in [3.63, 3.8) is 0 Å². The third-order valence-corrected chi connectivity index (χ3v) is 10.5. The first-order chi connectivity index (χ1) is 30.8. The van der Waals surface area contributed by atoms with Crippen LogP contribution in [0, 0.1) is 0 Å². The SMILES string of the molecule is CC(=O)N(CCCCN)CC(=O)N(CC(=O)N(CCCCN)CC(=O)N(CC(=O)N(CCCCN)CC(=O)N(CC(N)=O)Cc1ccccc1)Cc1ccccc1)Cc1ccccc1. The second-order valence-corrected chi connectivity index (χ2v) is 15.7. The van der Waals surface area contributed by atoms with E-state index in [1.165, 1.54) is 36.3 Å². The van der Waals surface area contributed by atoms with Crippen LogP contribution >= 0.6 is 0 Å². The van der Waals surface area contributed by atoms with Crippen LogP contribution in [-0.2, 0) is 53.2 Å². The minimum absolute atomic E-state index is 0.0201. The Morgan fingerprint density at radius 3 is 0.938 bits per heavy atom. The average molecular weight is 885 g/mol. The highest BCUT2D eigenvalue weighted by atomic mass is 16.2. The summed E-state index contributed by atoms with van der Waals surface area (Å²) in [5.41, 5.74) is 25.1. The van der Waals surface area contributed by atoms with Crippen molar-refractivity contribution in [3.05, 3.63) is 108 Å². The first-order valence-electron chi connectivity index (χ1n) is 22.0. The molecule has 3 rings (SSSR count). The molecule has 7 amide bonds. The summed E-state index contributed by atoms with van der Waals surface area (Å²) in [5, 5.41) is 0. The van der Waals surface area contributed by atoms with Gasteiger partial charge in [-0.05, 0) is 74.8 Å². The Bertz CT molecular complexity index is 1910. The summed E-state index contributed by atoms with van der Waals surface area (Å²) in [5.74, 6) is -3.48. The Hall–Kier alpha value is -6.17.